The van der Waals surface area contributed by atoms with E-state index in [0.29, 0.717) is 24.7 Å². The topological polar surface area (TPSA) is 128 Å². The van der Waals surface area contributed by atoms with Crippen LogP contribution >= 0.6 is 0 Å². The molecule has 1 amide bonds. The van der Waals surface area contributed by atoms with Crippen molar-refractivity contribution in [2.24, 2.45) is 0 Å². The lowest BCUT2D eigenvalue weighted by molar-refractivity contribution is -0.384. The molecule has 10 nitrogen and oxygen atoms in total. The Labute approximate surface area is 173 Å². The first-order valence-corrected chi connectivity index (χ1v) is 10.9. The number of nitrogens with zero attached hydrogens (tertiary/aromatic N) is 2. The number of amides is 1. The Hall–Kier alpha value is -3.34. The van der Waals surface area contributed by atoms with Gasteiger partial charge in [-0.2, -0.15) is 0 Å². The van der Waals surface area contributed by atoms with Gasteiger partial charge in [0, 0.05) is 12.1 Å². The number of carbonyl (C=O) groups excluding carboxylic acids is 1. The first-order valence-electron chi connectivity index (χ1n) is 9.06. The van der Waals surface area contributed by atoms with Crippen LogP contribution in [0.1, 0.15) is 18.5 Å². The lowest BCUT2D eigenvalue weighted by Gasteiger charge is -2.24. The molecule has 1 N–H and O–H groups in total. The minimum absolute atomic E-state index is 0.0360. The maximum atomic E-state index is 12.6. The molecule has 0 radical (unpaired) electrons. The Balaban J connectivity index is 1.75. The van der Waals surface area contributed by atoms with Crippen LogP contribution in [0.5, 0.6) is 11.5 Å². The molecule has 30 heavy (non-hydrogen) atoms. The summed E-state index contributed by atoms with van der Waals surface area (Å²) in [6.07, 6.45) is 0.934. The summed E-state index contributed by atoms with van der Waals surface area (Å²) in [5, 5.41) is 13.7. The molecule has 1 atom stereocenters. The lowest BCUT2D eigenvalue weighted by Crippen LogP contribution is -2.41. The zero-order valence-corrected chi connectivity index (χ0v) is 17.2. The molecule has 160 valence electrons. The van der Waals surface area contributed by atoms with E-state index in [9.17, 15) is 23.3 Å². The third kappa shape index (κ3) is 4.98. The number of hydrogen-bond acceptors (Lipinski definition) is 7. The molecule has 0 saturated heterocycles. The summed E-state index contributed by atoms with van der Waals surface area (Å²) in [6.45, 7) is 2.14. The first-order chi connectivity index (χ1) is 14.1. The second-order valence-corrected chi connectivity index (χ2v) is 8.65. The van der Waals surface area contributed by atoms with E-state index in [2.05, 4.69) is 5.32 Å². The van der Waals surface area contributed by atoms with Crippen LogP contribution in [-0.4, -0.2) is 45.3 Å². The van der Waals surface area contributed by atoms with Gasteiger partial charge in [-0.1, -0.05) is 12.1 Å². The SMILES string of the molecule is C[C@H](NC(=O)CN(c1cccc([N+](=O)[O-])c1)S(C)(=O)=O)c1ccc2c(c1)OCCO2. The second kappa shape index (κ2) is 8.57. The molecule has 0 spiro atoms. The molecule has 2 aromatic carbocycles. The average Bonchev–Trinajstić information content (AvgIpc) is 2.70. The van der Waals surface area contributed by atoms with E-state index < -0.39 is 33.4 Å². The molecule has 1 aliphatic heterocycles. The monoisotopic (exact) mass is 435 g/mol. The summed E-state index contributed by atoms with van der Waals surface area (Å²) >= 11 is 0. The van der Waals surface area contributed by atoms with Crippen LogP contribution in [0.3, 0.4) is 0 Å². The number of fused-ring (bicyclic) bond motifs is 1. The van der Waals surface area contributed by atoms with Gasteiger partial charge in [-0.15, -0.1) is 0 Å². The average molecular weight is 435 g/mol. The van der Waals surface area contributed by atoms with Gasteiger partial charge in [0.05, 0.1) is 22.9 Å². The minimum Gasteiger partial charge on any atom is -0.486 e. The highest BCUT2D eigenvalue weighted by molar-refractivity contribution is 7.92. The number of nitrogens with one attached hydrogen (secondary N) is 1. The van der Waals surface area contributed by atoms with Crippen molar-refractivity contribution in [3.05, 3.63) is 58.1 Å². The number of non-ortho nitro benzene ring substituents is 1. The van der Waals surface area contributed by atoms with Crippen LogP contribution in [0.15, 0.2) is 42.5 Å². The van der Waals surface area contributed by atoms with Gasteiger partial charge in [-0.05, 0) is 30.7 Å². The number of rotatable bonds is 7. The fourth-order valence-corrected chi connectivity index (χ4v) is 3.84. The van der Waals surface area contributed by atoms with Crippen molar-refractivity contribution < 1.29 is 27.6 Å². The van der Waals surface area contributed by atoms with Gasteiger partial charge in [-0.25, -0.2) is 8.42 Å². The Morgan fingerprint density at radius 1 is 1.20 bits per heavy atom. The maximum Gasteiger partial charge on any atom is 0.271 e. The molecule has 0 bridgehead atoms. The number of hydrogen-bond donors (Lipinski definition) is 1. The van der Waals surface area contributed by atoms with Gasteiger partial charge < -0.3 is 14.8 Å². The number of anilines is 1. The Morgan fingerprint density at radius 3 is 2.57 bits per heavy atom. The summed E-state index contributed by atoms with van der Waals surface area (Å²) in [6, 6.07) is 9.97. The molecule has 1 heterocycles. The standard InChI is InChI=1S/C19H21N3O7S/c1-13(14-6-7-17-18(10-14)29-9-8-28-17)20-19(23)12-21(30(2,26)27)15-4-3-5-16(11-15)22(24)25/h3-7,10-11,13H,8-9,12H2,1-2H3,(H,20,23)/t13-/m0/s1. The summed E-state index contributed by atoms with van der Waals surface area (Å²) < 4.78 is 36.3. The predicted octanol–water partition coefficient (Wildman–Crippen LogP) is 2.01. The number of benzene rings is 2. The normalized spacial score (nSPS) is 13.9. The number of nitro groups is 1. The van der Waals surface area contributed by atoms with Gasteiger partial charge in [0.1, 0.15) is 19.8 Å². The van der Waals surface area contributed by atoms with Crippen molar-refractivity contribution in [2.75, 3.05) is 30.3 Å². The van der Waals surface area contributed by atoms with Crippen LogP contribution in [-0.2, 0) is 14.8 Å². The lowest BCUT2D eigenvalue weighted by atomic mass is 10.1. The summed E-state index contributed by atoms with van der Waals surface area (Å²) in [7, 11) is -3.85. The van der Waals surface area contributed by atoms with Crippen molar-refractivity contribution in [1.29, 1.82) is 0 Å². The zero-order chi connectivity index (χ0) is 21.9. The van der Waals surface area contributed by atoms with Gasteiger partial charge >= 0.3 is 0 Å². The number of ether oxygens (including phenoxy) is 2. The van der Waals surface area contributed by atoms with Crippen LogP contribution in [0, 0.1) is 10.1 Å². The Morgan fingerprint density at radius 2 is 1.90 bits per heavy atom. The van der Waals surface area contributed by atoms with E-state index >= 15 is 0 Å². The Kier molecular flexibility index (Phi) is 6.11. The van der Waals surface area contributed by atoms with Crippen molar-refractivity contribution in [3.63, 3.8) is 0 Å². The highest BCUT2D eigenvalue weighted by Gasteiger charge is 2.24. The quantitative estimate of drug-likeness (QED) is 0.520. The molecule has 11 heteroatoms. The number of carbonyl (C=O) groups is 1. The van der Waals surface area contributed by atoms with E-state index in [0.717, 1.165) is 22.2 Å². The smallest absolute Gasteiger partial charge is 0.271 e. The Bertz CT molecular complexity index is 1070. The van der Waals surface area contributed by atoms with Crippen LogP contribution in [0.2, 0.25) is 0 Å². The summed E-state index contributed by atoms with van der Waals surface area (Å²) in [4.78, 5) is 22.9. The fourth-order valence-electron chi connectivity index (χ4n) is 2.99. The van der Waals surface area contributed by atoms with Crippen molar-refractivity contribution in [1.82, 2.24) is 5.32 Å². The van der Waals surface area contributed by atoms with E-state index in [4.69, 9.17) is 9.47 Å². The molecular weight excluding hydrogens is 414 g/mol. The van der Waals surface area contributed by atoms with Crippen LogP contribution in [0.25, 0.3) is 0 Å². The van der Waals surface area contributed by atoms with Gasteiger partial charge in [0.15, 0.2) is 11.5 Å². The van der Waals surface area contributed by atoms with E-state index in [1.54, 1.807) is 25.1 Å². The largest absolute Gasteiger partial charge is 0.486 e. The van der Waals surface area contributed by atoms with Crippen molar-refractivity contribution in [2.45, 2.75) is 13.0 Å². The number of sulfonamides is 1. The minimum atomic E-state index is -3.85. The molecular formula is C19H21N3O7S. The maximum absolute atomic E-state index is 12.6. The highest BCUT2D eigenvalue weighted by atomic mass is 32.2. The molecule has 0 fully saturated rings. The third-order valence-electron chi connectivity index (χ3n) is 4.46. The zero-order valence-electron chi connectivity index (χ0n) is 16.4. The molecule has 0 aromatic heterocycles. The predicted molar refractivity (Wildman–Crippen MR) is 109 cm³/mol. The first kappa shape index (κ1) is 21.4. The molecule has 0 unspecified atom stereocenters. The summed E-state index contributed by atoms with van der Waals surface area (Å²) in [5.41, 5.74) is 0.522. The second-order valence-electron chi connectivity index (χ2n) is 6.74. The summed E-state index contributed by atoms with van der Waals surface area (Å²) in [5.74, 6) is 0.640. The molecule has 3 rings (SSSR count). The van der Waals surface area contributed by atoms with Crippen molar-refractivity contribution in [3.8, 4) is 11.5 Å². The van der Waals surface area contributed by atoms with Crippen LogP contribution < -0.4 is 19.1 Å². The number of nitro benzene ring substituents is 1. The molecule has 0 aliphatic carbocycles. The molecule has 2 aromatic rings. The van der Waals surface area contributed by atoms with Crippen LogP contribution in [0.4, 0.5) is 11.4 Å². The van der Waals surface area contributed by atoms with E-state index in [-0.39, 0.29) is 11.4 Å². The van der Waals surface area contributed by atoms with Gasteiger partial charge in [-0.3, -0.25) is 19.2 Å². The van der Waals surface area contributed by atoms with Gasteiger partial charge in [0.2, 0.25) is 15.9 Å². The van der Waals surface area contributed by atoms with Gasteiger partial charge in [0.25, 0.3) is 5.69 Å². The highest BCUT2D eigenvalue weighted by Crippen LogP contribution is 2.32. The third-order valence-corrected chi connectivity index (χ3v) is 5.60. The van der Waals surface area contributed by atoms with Crippen molar-refractivity contribution >= 4 is 27.3 Å². The van der Waals surface area contributed by atoms with E-state index in [1.165, 1.54) is 18.2 Å². The molecule has 0 saturated carbocycles. The molecule has 1 aliphatic rings. The van der Waals surface area contributed by atoms with E-state index in [1.807, 2.05) is 0 Å². The fraction of sp³-hybridized carbons (Fsp3) is 0.316.